The smallest absolute Gasteiger partial charge is 0.118 e. The van der Waals surface area contributed by atoms with E-state index in [1.54, 1.807) is 7.11 Å². The second-order valence-electron chi connectivity index (χ2n) is 2.68. The Kier molecular flexibility index (Phi) is 2.97. The van der Waals surface area contributed by atoms with Crippen LogP contribution in [0.4, 0.5) is 0 Å². The van der Waals surface area contributed by atoms with Crippen LogP contribution in [0.1, 0.15) is 11.1 Å². The number of benzene rings is 1. The molecule has 0 saturated carbocycles. The van der Waals surface area contributed by atoms with Crippen LogP contribution in [-0.2, 0) is 11.1 Å². The van der Waals surface area contributed by atoms with Crippen LogP contribution in [0.5, 0.6) is 0 Å². The summed E-state index contributed by atoms with van der Waals surface area (Å²) in [6.07, 6.45) is 1.07. The van der Waals surface area contributed by atoms with Gasteiger partial charge in [-0.15, -0.1) is 0 Å². The summed E-state index contributed by atoms with van der Waals surface area (Å²) in [4.78, 5) is 0. The number of hydrogen-bond acceptors (Lipinski definition) is 1. The van der Waals surface area contributed by atoms with E-state index >= 15 is 0 Å². The summed E-state index contributed by atoms with van der Waals surface area (Å²) in [7, 11) is 3.77. The van der Waals surface area contributed by atoms with Crippen molar-refractivity contribution in [2.75, 3.05) is 7.11 Å². The highest BCUT2D eigenvalue weighted by Gasteiger charge is 1.96. The van der Waals surface area contributed by atoms with E-state index in [0.29, 0.717) is 0 Å². The lowest BCUT2D eigenvalue weighted by molar-refractivity contribution is 0.371. The van der Waals surface area contributed by atoms with Crippen LogP contribution >= 0.6 is 0 Å². The molecule has 0 radical (unpaired) electrons. The van der Waals surface area contributed by atoms with Crippen molar-refractivity contribution in [3.05, 3.63) is 42.0 Å². The monoisotopic (exact) mass is 160 g/mol. The van der Waals surface area contributed by atoms with E-state index in [1.165, 1.54) is 5.56 Å². The maximum absolute atomic E-state index is 5.02. The number of ether oxygens (including phenoxy) is 1. The van der Waals surface area contributed by atoms with Gasteiger partial charge >= 0.3 is 0 Å². The molecule has 0 saturated heterocycles. The van der Waals surface area contributed by atoms with Gasteiger partial charge in [0.2, 0.25) is 0 Å². The molecule has 0 aromatic heterocycles. The standard InChI is InChI=1S/C10H13BO/c1-8(12-2)10-5-3-9(7-11)4-6-10/h3-6H,1,7,11H2,2H3. The van der Waals surface area contributed by atoms with Gasteiger partial charge in [-0.05, 0) is 0 Å². The molecule has 0 N–H and O–H groups in total. The van der Waals surface area contributed by atoms with Crippen LogP contribution < -0.4 is 0 Å². The van der Waals surface area contributed by atoms with Crippen molar-refractivity contribution in [3.8, 4) is 0 Å². The molecule has 1 rings (SSSR count). The molecule has 0 bridgehead atoms. The Morgan fingerprint density at radius 1 is 1.42 bits per heavy atom. The summed E-state index contributed by atoms with van der Waals surface area (Å²) in [5.41, 5.74) is 2.39. The summed E-state index contributed by atoms with van der Waals surface area (Å²) in [6.45, 7) is 3.78. The molecule has 2 heteroatoms. The molecule has 0 aliphatic heterocycles. The minimum Gasteiger partial charge on any atom is -0.497 e. The molecule has 12 heavy (non-hydrogen) atoms. The van der Waals surface area contributed by atoms with Gasteiger partial charge in [-0.3, -0.25) is 0 Å². The molecule has 0 amide bonds. The zero-order chi connectivity index (χ0) is 8.97. The lowest BCUT2D eigenvalue weighted by Gasteiger charge is -2.04. The summed E-state index contributed by atoms with van der Waals surface area (Å²) < 4.78 is 5.02. The van der Waals surface area contributed by atoms with E-state index in [-0.39, 0.29) is 0 Å². The van der Waals surface area contributed by atoms with Gasteiger partial charge in [-0.25, -0.2) is 0 Å². The first kappa shape index (κ1) is 8.92. The molecule has 1 aromatic carbocycles. The van der Waals surface area contributed by atoms with Crippen LogP contribution in [0.3, 0.4) is 0 Å². The first-order valence-corrected chi connectivity index (χ1v) is 4.10. The molecular weight excluding hydrogens is 147 g/mol. The van der Waals surface area contributed by atoms with E-state index in [2.05, 4.69) is 26.6 Å². The van der Waals surface area contributed by atoms with Gasteiger partial charge in [0.1, 0.15) is 13.6 Å². The van der Waals surface area contributed by atoms with Crippen molar-refractivity contribution in [1.82, 2.24) is 0 Å². The molecule has 1 nitrogen and oxygen atoms in total. The normalized spacial score (nSPS) is 9.42. The summed E-state index contributed by atoms with van der Waals surface area (Å²) in [5, 5.41) is 0. The number of methoxy groups -OCH3 is 1. The van der Waals surface area contributed by atoms with Crippen LogP contribution in [0.15, 0.2) is 30.8 Å². The molecule has 0 aliphatic rings. The maximum Gasteiger partial charge on any atom is 0.118 e. The lowest BCUT2D eigenvalue weighted by Crippen LogP contribution is -1.87. The molecular formula is C10H13BO. The molecule has 0 aliphatic carbocycles. The van der Waals surface area contributed by atoms with Crippen molar-refractivity contribution in [2.24, 2.45) is 0 Å². The Labute approximate surface area is 74.5 Å². The van der Waals surface area contributed by atoms with Gasteiger partial charge < -0.3 is 4.74 Å². The van der Waals surface area contributed by atoms with Gasteiger partial charge in [-0.1, -0.05) is 42.7 Å². The summed E-state index contributed by atoms with van der Waals surface area (Å²) in [5.74, 6) is 0.720. The van der Waals surface area contributed by atoms with E-state index in [1.807, 2.05) is 12.1 Å². The van der Waals surface area contributed by atoms with Gasteiger partial charge in [0.05, 0.1) is 7.11 Å². The molecule has 1 aromatic rings. The molecule has 0 atom stereocenters. The van der Waals surface area contributed by atoms with Gasteiger partial charge in [-0.2, -0.15) is 0 Å². The zero-order valence-electron chi connectivity index (χ0n) is 7.63. The third-order valence-electron chi connectivity index (χ3n) is 1.93. The van der Waals surface area contributed by atoms with E-state index in [0.717, 1.165) is 17.6 Å². The van der Waals surface area contributed by atoms with Crippen molar-refractivity contribution >= 4 is 13.6 Å². The first-order valence-electron chi connectivity index (χ1n) is 4.10. The fourth-order valence-corrected chi connectivity index (χ4v) is 1.04. The van der Waals surface area contributed by atoms with Crippen molar-refractivity contribution in [1.29, 1.82) is 0 Å². The largest absolute Gasteiger partial charge is 0.497 e. The highest BCUT2D eigenvalue weighted by molar-refractivity contribution is 6.08. The fourth-order valence-electron chi connectivity index (χ4n) is 1.04. The van der Waals surface area contributed by atoms with Crippen LogP contribution in [-0.4, -0.2) is 15.0 Å². The maximum atomic E-state index is 5.02. The average molecular weight is 160 g/mol. The van der Waals surface area contributed by atoms with E-state index in [9.17, 15) is 0 Å². The lowest BCUT2D eigenvalue weighted by atomic mass is 9.96. The van der Waals surface area contributed by atoms with Gasteiger partial charge in [0.25, 0.3) is 0 Å². The predicted molar refractivity (Wildman–Crippen MR) is 54.7 cm³/mol. The summed E-state index contributed by atoms with van der Waals surface area (Å²) in [6, 6.07) is 8.26. The van der Waals surface area contributed by atoms with Crippen molar-refractivity contribution in [2.45, 2.75) is 6.32 Å². The van der Waals surface area contributed by atoms with Crippen molar-refractivity contribution < 1.29 is 4.74 Å². The van der Waals surface area contributed by atoms with Crippen LogP contribution in [0, 0.1) is 0 Å². The molecule has 0 spiro atoms. The topological polar surface area (TPSA) is 9.23 Å². The van der Waals surface area contributed by atoms with Crippen LogP contribution in [0.2, 0.25) is 0 Å². The van der Waals surface area contributed by atoms with E-state index < -0.39 is 0 Å². The number of rotatable bonds is 3. The number of hydrogen-bond donors (Lipinski definition) is 0. The first-order chi connectivity index (χ1) is 5.77. The minimum atomic E-state index is 0.720. The Bertz CT molecular complexity index is 264. The SMILES string of the molecule is BCc1ccc(C(=C)OC)cc1. The Balaban J connectivity index is 2.84. The highest BCUT2D eigenvalue weighted by atomic mass is 16.5. The Hall–Kier alpha value is -1.18. The molecule has 0 heterocycles. The third-order valence-corrected chi connectivity index (χ3v) is 1.93. The van der Waals surface area contributed by atoms with E-state index in [4.69, 9.17) is 4.74 Å². The average Bonchev–Trinajstić information content (AvgIpc) is 2.17. The predicted octanol–water partition coefficient (Wildman–Crippen LogP) is 1.44. The third kappa shape index (κ3) is 1.91. The van der Waals surface area contributed by atoms with Crippen LogP contribution in [0.25, 0.3) is 5.76 Å². The Morgan fingerprint density at radius 2 is 2.00 bits per heavy atom. The molecule has 0 unspecified atom stereocenters. The second-order valence-corrected chi connectivity index (χ2v) is 2.68. The zero-order valence-corrected chi connectivity index (χ0v) is 7.63. The molecule has 62 valence electrons. The van der Waals surface area contributed by atoms with Crippen molar-refractivity contribution in [3.63, 3.8) is 0 Å². The Morgan fingerprint density at radius 3 is 2.42 bits per heavy atom. The minimum absolute atomic E-state index is 0.720. The fraction of sp³-hybridized carbons (Fsp3) is 0.200. The highest BCUT2D eigenvalue weighted by Crippen LogP contribution is 2.13. The summed E-state index contributed by atoms with van der Waals surface area (Å²) >= 11 is 0. The second kappa shape index (κ2) is 4.00. The van der Waals surface area contributed by atoms with Gasteiger partial charge in [0.15, 0.2) is 0 Å². The molecule has 0 fully saturated rings. The van der Waals surface area contributed by atoms with Gasteiger partial charge in [0, 0.05) is 5.56 Å². The quantitative estimate of drug-likeness (QED) is 0.480.